The van der Waals surface area contributed by atoms with E-state index in [4.69, 9.17) is 9.47 Å². The van der Waals surface area contributed by atoms with Crippen molar-refractivity contribution in [1.82, 2.24) is 5.32 Å². The quantitative estimate of drug-likeness (QED) is 0.788. The van der Waals surface area contributed by atoms with E-state index in [-0.39, 0.29) is 17.9 Å². The maximum absolute atomic E-state index is 13.9. The third kappa shape index (κ3) is 4.84. The monoisotopic (exact) mass is 368 g/mol. The fourth-order valence-electron chi connectivity index (χ4n) is 2.31. The fraction of sp³-hybridized carbons (Fsp3) is 0.471. The van der Waals surface area contributed by atoms with Crippen molar-refractivity contribution in [2.45, 2.75) is 44.9 Å². The Morgan fingerprint density at radius 1 is 1.38 bits per heavy atom. The third-order valence-corrected chi connectivity index (χ3v) is 3.40. The van der Waals surface area contributed by atoms with Gasteiger partial charge in [0.1, 0.15) is 11.6 Å². The summed E-state index contributed by atoms with van der Waals surface area (Å²) < 4.78 is 29.0. The highest BCUT2D eigenvalue weighted by atomic mass is 19.1. The SMILES string of the molecule is COC(=O)[C@H](C[C@@H]1Oc2c(F)cccc2NC1=O)NC(=O)OC(C)(C)C. The van der Waals surface area contributed by atoms with Crippen molar-refractivity contribution in [2.75, 3.05) is 12.4 Å². The van der Waals surface area contributed by atoms with Gasteiger partial charge in [-0.2, -0.15) is 0 Å². The van der Waals surface area contributed by atoms with Crippen LogP contribution in [0.4, 0.5) is 14.9 Å². The Morgan fingerprint density at radius 3 is 2.69 bits per heavy atom. The molecule has 0 aromatic heterocycles. The zero-order valence-electron chi connectivity index (χ0n) is 14.9. The molecule has 0 bridgehead atoms. The number of benzene rings is 1. The van der Waals surface area contributed by atoms with Crippen molar-refractivity contribution in [1.29, 1.82) is 0 Å². The summed E-state index contributed by atoms with van der Waals surface area (Å²) in [4.78, 5) is 36.0. The number of rotatable bonds is 4. The van der Waals surface area contributed by atoms with Crippen molar-refractivity contribution >= 4 is 23.7 Å². The molecule has 2 atom stereocenters. The number of alkyl carbamates (subject to hydrolysis) is 1. The van der Waals surface area contributed by atoms with Crippen molar-refractivity contribution in [3.8, 4) is 5.75 Å². The number of amides is 2. The van der Waals surface area contributed by atoms with E-state index in [2.05, 4.69) is 15.4 Å². The van der Waals surface area contributed by atoms with Crippen LogP contribution in [0.2, 0.25) is 0 Å². The third-order valence-electron chi connectivity index (χ3n) is 3.40. The normalized spacial score (nSPS) is 17.3. The van der Waals surface area contributed by atoms with Crippen LogP contribution in [0.5, 0.6) is 5.75 Å². The highest BCUT2D eigenvalue weighted by Crippen LogP contribution is 2.33. The van der Waals surface area contributed by atoms with Gasteiger partial charge >= 0.3 is 12.1 Å². The molecule has 1 aliphatic heterocycles. The largest absolute Gasteiger partial charge is 0.475 e. The molecule has 1 aromatic carbocycles. The zero-order chi connectivity index (χ0) is 19.5. The Morgan fingerprint density at radius 2 is 2.08 bits per heavy atom. The van der Waals surface area contributed by atoms with Crippen LogP contribution in [0, 0.1) is 5.82 Å². The molecule has 26 heavy (non-hydrogen) atoms. The van der Waals surface area contributed by atoms with Crippen LogP contribution in [0.1, 0.15) is 27.2 Å². The molecule has 2 amide bonds. The highest BCUT2D eigenvalue weighted by Gasteiger charge is 2.35. The minimum absolute atomic E-state index is 0.127. The lowest BCUT2D eigenvalue weighted by Gasteiger charge is -2.28. The number of carbonyl (C=O) groups excluding carboxylic acids is 3. The smallest absolute Gasteiger partial charge is 0.408 e. The van der Waals surface area contributed by atoms with Gasteiger partial charge in [-0.1, -0.05) is 6.07 Å². The average molecular weight is 368 g/mol. The summed E-state index contributed by atoms with van der Waals surface area (Å²) in [6.45, 7) is 4.99. The van der Waals surface area contributed by atoms with Crippen LogP contribution in [-0.4, -0.2) is 42.8 Å². The molecule has 0 fully saturated rings. The van der Waals surface area contributed by atoms with E-state index in [9.17, 15) is 18.8 Å². The van der Waals surface area contributed by atoms with Gasteiger partial charge in [0.25, 0.3) is 5.91 Å². The van der Waals surface area contributed by atoms with Gasteiger partial charge in [0.05, 0.1) is 12.8 Å². The minimum Gasteiger partial charge on any atom is -0.475 e. The highest BCUT2D eigenvalue weighted by molar-refractivity contribution is 5.98. The summed E-state index contributed by atoms with van der Waals surface area (Å²) in [7, 11) is 1.14. The Kier molecular flexibility index (Phi) is 5.69. The fourth-order valence-corrected chi connectivity index (χ4v) is 2.31. The van der Waals surface area contributed by atoms with Gasteiger partial charge in [-0.25, -0.2) is 14.0 Å². The molecule has 0 spiro atoms. The van der Waals surface area contributed by atoms with Crippen LogP contribution in [-0.2, 0) is 19.1 Å². The van der Waals surface area contributed by atoms with E-state index < -0.39 is 41.5 Å². The van der Waals surface area contributed by atoms with Crippen LogP contribution in [0.3, 0.4) is 0 Å². The van der Waals surface area contributed by atoms with E-state index in [0.29, 0.717) is 0 Å². The van der Waals surface area contributed by atoms with Crippen LogP contribution >= 0.6 is 0 Å². The van der Waals surface area contributed by atoms with Crippen molar-refractivity contribution in [3.05, 3.63) is 24.0 Å². The van der Waals surface area contributed by atoms with Crippen molar-refractivity contribution in [3.63, 3.8) is 0 Å². The van der Waals surface area contributed by atoms with Gasteiger partial charge in [0.2, 0.25) is 0 Å². The number of anilines is 1. The second-order valence-corrected chi connectivity index (χ2v) is 6.67. The lowest BCUT2D eigenvalue weighted by molar-refractivity contribution is -0.144. The number of methoxy groups -OCH3 is 1. The number of hydrogen-bond donors (Lipinski definition) is 2. The number of ether oxygens (including phenoxy) is 3. The number of nitrogens with one attached hydrogen (secondary N) is 2. The van der Waals surface area contributed by atoms with Crippen LogP contribution in [0.15, 0.2) is 18.2 Å². The van der Waals surface area contributed by atoms with E-state index in [1.807, 2.05) is 0 Å². The molecule has 0 saturated carbocycles. The number of esters is 1. The molecule has 1 aliphatic rings. The lowest BCUT2D eigenvalue weighted by atomic mass is 10.1. The molecular formula is C17H21FN2O6. The molecular weight excluding hydrogens is 347 g/mol. The second kappa shape index (κ2) is 7.59. The first-order chi connectivity index (χ1) is 12.1. The Labute approximate surface area is 150 Å². The number of hydrogen-bond acceptors (Lipinski definition) is 6. The molecule has 0 saturated heterocycles. The summed E-state index contributed by atoms with van der Waals surface area (Å²) in [6.07, 6.45) is -2.31. The minimum atomic E-state index is -1.21. The molecule has 0 radical (unpaired) electrons. The molecule has 2 rings (SSSR count). The first-order valence-corrected chi connectivity index (χ1v) is 7.94. The second-order valence-electron chi connectivity index (χ2n) is 6.67. The predicted octanol–water partition coefficient (Wildman–Crippen LogP) is 1.98. The maximum Gasteiger partial charge on any atom is 0.408 e. The van der Waals surface area contributed by atoms with Crippen molar-refractivity contribution in [2.24, 2.45) is 0 Å². The maximum atomic E-state index is 13.9. The zero-order valence-corrected chi connectivity index (χ0v) is 14.9. The lowest BCUT2D eigenvalue weighted by Crippen LogP contribution is -2.49. The first kappa shape index (κ1) is 19.5. The van der Waals surface area contributed by atoms with Gasteiger partial charge in [0.15, 0.2) is 17.7 Å². The van der Waals surface area contributed by atoms with Gasteiger partial charge < -0.3 is 24.8 Å². The van der Waals surface area contributed by atoms with Crippen LogP contribution in [0.25, 0.3) is 0 Å². The number of para-hydroxylation sites is 1. The molecule has 0 aliphatic carbocycles. The molecule has 9 heteroatoms. The van der Waals surface area contributed by atoms with E-state index in [1.165, 1.54) is 18.2 Å². The van der Waals surface area contributed by atoms with Gasteiger partial charge in [-0.3, -0.25) is 4.79 Å². The molecule has 2 N–H and O–H groups in total. The summed E-state index contributed by atoms with van der Waals surface area (Å²) in [5.41, 5.74) is -0.577. The van der Waals surface area contributed by atoms with E-state index in [0.717, 1.165) is 7.11 Å². The number of carbonyl (C=O) groups is 3. The molecule has 1 heterocycles. The molecule has 1 aromatic rings. The topological polar surface area (TPSA) is 103 Å². The van der Waals surface area contributed by atoms with Crippen LogP contribution < -0.4 is 15.4 Å². The summed E-state index contributed by atoms with van der Waals surface area (Å²) in [5, 5.41) is 4.85. The van der Waals surface area contributed by atoms with E-state index >= 15 is 0 Å². The Bertz CT molecular complexity index is 716. The first-order valence-electron chi connectivity index (χ1n) is 7.94. The Hall–Kier alpha value is -2.84. The average Bonchev–Trinajstić information content (AvgIpc) is 2.53. The summed E-state index contributed by atoms with van der Waals surface area (Å²) in [6, 6.07) is 2.89. The molecule has 142 valence electrons. The number of fused-ring (bicyclic) bond motifs is 1. The summed E-state index contributed by atoms with van der Waals surface area (Å²) >= 11 is 0. The molecule has 0 unspecified atom stereocenters. The van der Waals surface area contributed by atoms with Gasteiger partial charge in [-0.05, 0) is 32.9 Å². The van der Waals surface area contributed by atoms with Crippen molar-refractivity contribution < 1.29 is 33.0 Å². The van der Waals surface area contributed by atoms with Gasteiger partial charge in [0, 0.05) is 6.42 Å². The number of halogens is 1. The summed E-state index contributed by atoms with van der Waals surface area (Å²) in [5.74, 6) is -2.13. The molecule has 8 nitrogen and oxygen atoms in total. The Balaban J connectivity index is 2.13. The standard InChI is InChI=1S/C17H21FN2O6/c1-17(2,3)26-16(23)20-11(15(22)24-4)8-12-14(21)19-10-7-5-6-9(18)13(10)25-12/h5-7,11-12H,8H2,1-4H3,(H,19,21)(H,20,23)/t11-,12-/m0/s1. The van der Waals surface area contributed by atoms with Gasteiger partial charge in [-0.15, -0.1) is 0 Å². The van der Waals surface area contributed by atoms with E-state index in [1.54, 1.807) is 20.8 Å². The predicted molar refractivity (Wildman–Crippen MR) is 89.2 cm³/mol.